The summed E-state index contributed by atoms with van der Waals surface area (Å²) in [5, 5.41) is 5.28. The molecule has 1 atom stereocenters. The molecule has 2 rings (SSSR count). The van der Waals surface area contributed by atoms with Crippen LogP contribution in [-0.2, 0) is 12.7 Å². The molecule has 0 radical (unpaired) electrons. The predicted octanol–water partition coefficient (Wildman–Crippen LogP) is 4.45. The van der Waals surface area contributed by atoms with E-state index in [2.05, 4.69) is 15.6 Å². The highest BCUT2D eigenvalue weighted by atomic mass is 19.4. The molecule has 146 valence electrons. The molecule has 1 heterocycles. The van der Waals surface area contributed by atoms with Gasteiger partial charge in [-0.15, -0.1) is 0 Å². The van der Waals surface area contributed by atoms with Gasteiger partial charge in [-0.05, 0) is 36.6 Å². The first kappa shape index (κ1) is 20.5. The van der Waals surface area contributed by atoms with Gasteiger partial charge in [0.05, 0.1) is 18.2 Å². The third-order valence-corrected chi connectivity index (χ3v) is 3.77. The number of urea groups is 1. The number of aromatic nitrogens is 1. The van der Waals surface area contributed by atoms with Crippen LogP contribution in [0.1, 0.15) is 43.0 Å². The van der Waals surface area contributed by atoms with E-state index < -0.39 is 23.8 Å². The quantitative estimate of drug-likeness (QED) is 0.745. The molecule has 0 bridgehead atoms. The Balaban J connectivity index is 1.86. The average Bonchev–Trinajstić information content (AvgIpc) is 2.65. The number of nitrogens with one attached hydrogen (secondary N) is 2. The Bertz CT molecular complexity index is 749. The molecule has 1 aromatic carbocycles. The number of hydrogen-bond donors (Lipinski definition) is 2. The van der Waals surface area contributed by atoms with Crippen LogP contribution >= 0.6 is 0 Å². The minimum Gasteiger partial charge on any atom is -0.478 e. The van der Waals surface area contributed by atoms with Crippen LogP contribution < -0.4 is 15.4 Å². The summed E-state index contributed by atoms with van der Waals surface area (Å²) in [4.78, 5) is 16.1. The Hall–Kier alpha value is -2.77. The maximum absolute atomic E-state index is 12.8. The van der Waals surface area contributed by atoms with Gasteiger partial charge >= 0.3 is 12.2 Å². The van der Waals surface area contributed by atoms with E-state index in [0.717, 1.165) is 24.1 Å². The van der Waals surface area contributed by atoms with Gasteiger partial charge in [0.25, 0.3) is 0 Å². The fourth-order valence-electron chi connectivity index (χ4n) is 2.31. The van der Waals surface area contributed by atoms with Crippen molar-refractivity contribution in [3.8, 4) is 5.88 Å². The van der Waals surface area contributed by atoms with E-state index in [4.69, 9.17) is 4.74 Å². The summed E-state index contributed by atoms with van der Waals surface area (Å²) in [6, 6.07) is 7.34. The van der Waals surface area contributed by atoms with E-state index in [1.807, 2.05) is 6.92 Å². The fourth-order valence-corrected chi connectivity index (χ4v) is 2.31. The van der Waals surface area contributed by atoms with Crippen LogP contribution in [0.15, 0.2) is 42.6 Å². The standard InChI is InChI=1S/C19H22F3N3O2/c1-3-9-27-17-8-7-14(11-23-17)12-24-18(26)25-13(2)15-5-4-6-16(10-15)19(20,21)22/h4-8,10-11,13H,3,9,12H2,1-2H3,(H2,24,25,26). The molecule has 0 aliphatic heterocycles. The molecule has 2 aromatic rings. The molecule has 0 aliphatic carbocycles. The van der Waals surface area contributed by atoms with Gasteiger partial charge in [0.2, 0.25) is 5.88 Å². The molecule has 0 spiro atoms. The van der Waals surface area contributed by atoms with E-state index in [9.17, 15) is 18.0 Å². The van der Waals surface area contributed by atoms with Crippen molar-refractivity contribution in [3.63, 3.8) is 0 Å². The van der Waals surface area contributed by atoms with Crippen LogP contribution in [0.25, 0.3) is 0 Å². The molecular weight excluding hydrogens is 359 g/mol. The lowest BCUT2D eigenvalue weighted by Gasteiger charge is -2.16. The van der Waals surface area contributed by atoms with Gasteiger partial charge in [0, 0.05) is 18.8 Å². The molecule has 27 heavy (non-hydrogen) atoms. The highest BCUT2D eigenvalue weighted by Gasteiger charge is 2.30. The third kappa shape index (κ3) is 6.47. The molecule has 0 fully saturated rings. The normalized spacial score (nSPS) is 12.3. The predicted molar refractivity (Wildman–Crippen MR) is 95.3 cm³/mol. The summed E-state index contributed by atoms with van der Waals surface area (Å²) in [6.07, 6.45) is -1.94. The number of carbonyl (C=O) groups excluding carboxylic acids is 1. The number of alkyl halides is 3. The molecule has 2 amide bonds. The number of amides is 2. The zero-order valence-electron chi connectivity index (χ0n) is 15.1. The van der Waals surface area contributed by atoms with Crippen LogP contribution in [0.4, 0.5) is 18.0 Å². The highest BCUT2D eigenvalue weighted by Crippen LogP contribution is 2.30. The number of pyridine rings is 1. The van der Waals surface area contributed by atoms with Crippen molar-refractivity contribution in [3.05, 3.63) is 59.3 Å². The van der Waals surface area contributed by atoms with E-state index in [-0.39, 0.29) is 6.54 Å². The second-order valence-electron chi connectivity index (χ2n) is 6.03. The summed E-state index contributed by atoms with van der Waals surface area (Å²) < 4.78 is 43.7. The van der Waals surface area contributed by atoms with Crippen molar-refractivity contribution in [2.24, 2.45) is 0 Å². The van der Waals surface area contributed by atoms with Gasteiger partial charge in [-0.2, -0.15) is 13.2 Å². The van der Waals surface area contributed by atoms with Gasteiger partial charge in [0.1, 0.15) is 0 Å². The van der Waals surface area contributed by atoms with Crippen LogP contribution in [-0.4, -0.2) is 17.6 Å². The van der Waals surface area contributed by atoms with Crippen molar-refractivity contribution >= 4 is 6.03 Å². The Morgan fingerprint density at radius 3 is 2.67 bits per heavy atom. The van der Waals surface area contributed by atoms with E-state index >= 15 is 0 Å². The van der Waals surface area contributed by atoms with E-state index in [1.165, 1.54) is 6.07 Å². The minimum atomic E-state index is -4.42. The summed E-state index contributed by atoms with van der Waals surface area (Å²) in [5.41, 5.74) is 0.408. The molecule has 1 aromatic heterocycles. The third-order valence-electron chi connectivity index (χ3n) is 3.77. The minimum absolute atomic E-state index is 0.238. The lowest BCUT2D eigenvalue weighted by molar-refractivity contribution is -0.137. The van der Waals surface area contributed by atoms with Gasteiger partial charge in [-0.3, -0.25) is 0 Å². The van der Waals surface area contributed by atoms with Crippen molar-refractivity contribution in [1.82, 2.24) is 15.6 Å². The van der Waals surface area contributed by atoms with Crippen LogP contribution in [0.2, 0.25) is 0 Å². The lowest BCUT2D eigenvalue weighted by atomic mass is 10.1. The SMILES string of the molecule is CCCOc1ccc(CNC(=O)NC(C)c2cccc(C(F)(F)F)c2)cn1. The number of ether oxygens (including phenoxy) is 1. The second-order valence-corrected chi connectivity index (χ2v) is 6.03. The molecular formula is C19H22F3N3O2. The van der Waals surface area contributed by atoms with Crippen LogP contribution in [0.5, 0.6) is 5.88 Å². The smallest absolute Gasteiger partial charge is 0.416 e. The van der Waals surface area contributed by atoms with E-state index in [1.54, 1.807) is 31.3 Å². The Morgan fingerprint density at radius 1 is 1.26 bits per heavy atom. The molecule has 5 nitrogen and oxygen atoms in total. The lowest BCUT2D eigenvalue weighted by Crippen LogP contribution is -2.36. The van der Waals surface area contributed by atoms with Gasteiger partial charge in [-0.1, -0.05) is 25.1 Å². The van der Waals surface area contributed by atoms with E-state index in [0.29, 0.717) is 18.1 Å². The van der Waals surface area contributed by atoms with Gasteiger partial charge < -0.3 is 15.4 Å². The topological polar surface area (TPSA) is 63.2 Å². The highest BCUT2D eigenvalue weighted by molar-refractivity contribution is 5.74. The maximum Gasteiger partial charge on any atom is 0.416 e. The second kappa shape index (κ2) is 9.25. The van der Waals surface area contributed by atoms with Gasteiger partial charge in [0.15, 0.2) is 0 Å². The zero-order chi connectivity index (χ0) is 19.9. The summed E-state index contributed by atoms with van der Waals surface area (Å²) in [6.45, 7) is 4.44. The molecule has 0 saturated heterocycles. The van der Waals surface area contributed by atoms with Crippen molar-refractivity contribution in [2.45, 2.75) is 39.0 Å². The number of nitrogens with zero attached hydrogens (tertiary/aromatic N) is 1. The largest absolute Gasteiger partial charge is 0.478 e. The maximum atomic E-state index is 12.8. The molecule has 8 heteroatoms. The summed E-state index contributed by atoms with van der Waals surface area (Å²) >= 11 is 0. The van der Waals surface area contributed by atoms with Crippen LogP contribution in [0.3, 0.4) is 0 Å². The first-order valence-electron chi connectivity index (χ1n) is 8.59. The average molecular weight is 381 g/mol. The van der Waals surface area contributed by atoms with Crippen LogP contribution in [0, 0.1) is 0 Å². The van der Waals surface area contributed by atoms with Gasteiger partial charge in [-0.25, -0.2) is 9.78 Å². The Morgan fingerprint density at radius 2 is 2.04 bits per heavy atom. The van der Waals surface area contributed by atoms with Crippen molar-refractivity contribution in [2.75, 3.05) is 6.61 Å². The Labute approximate surface area is 155 Å². The first-order chi connectivity index (χ1) is 12.8. The number of halogens is 3. The number of benzene rings is 1. The summed E-state index contributed by atoms with van der Waals surface area (Å²) in [5.74, 6) is 0.517. The molecule has 0 aliphatic rings. The summed E-state index contributed by atoms with van der Waals surface area (Å²) in [7, 11) is 0. The number of carbonyl (C=O) groups is 1. The molecule has 0 saturated carbocycles. The monoisotopic (exact) mass is 381 g/mol. The molecule has 2 N–H and O–H groups in total. The Kier molecular flexibility index (Phi) is 7.04. The molecule has 1 unspecified atom stereocenters. The van der Waals surface area contributed by atoms with Crippen molar-refractivity contribution < 1.29 is 22.7 Å². The zero-order valence-corrected chi connectivity index (χ0v) is 15.1. The number of rotatable bonds is 7. The first-order valence-corrected chi connectivity index (χ1v) is 8.59. The fraction of sp³-hybridized carbons (Fsp3) is 0.368. The number of hydrogen-bond acceptors (Lipinski definition) is 3. The van der Waals surface area contributed by atoms with Crippen molar-refractivity contribution in [1.29, 1.82) is 0 Å².